The number of rotatable bonds is 5. The highest BCUT2D eigenvalue weighted by Gasteiger charge is 2.44. The Morgan fingerprint density at radius 1 is 1.50 bits per heavy atom. The third-order valence-corrected chi connectivity index (χ3v) is 7.62. The second kappa shape index (κ2) is 6.62. The summed E-state index contributed by atoms with van der Waals surface area (Å²) in [6, 6.07) is 0. The van der Waals surface area contributed by atoms with Gasteiger partial charge in [-0.15, -0.1) is 0 Å². The first-order valence-corrected chi connectivity index (χ1v) is 9.88. The topological polar surface area (TPSA) is 80.5 Å². The lowest BCUT2D eigenvalue weighted by Crippen LogP contribution is -2.57. The van der Waals surface area contributed by atoms with Crippen LogP contribution in [0, 0.1) is 5.41 Å². The molecule has 1 aliphatic heterocycles. The third-order valence-electron chi connectivity index (χ3n) is 3.89. The minimum absolute atomic E-state index is 0.0257. The van der Waals surface area contributed by atoms with Gasteiger partial charge >= 0.3 is 0 Å². The summed E-state index contributed by atoms with van der Waals surface area (Å²) in [6.07, 6.45) is 0.462. The standard InChI is InChI=1S/C12H22N2O3S3/c1-4-12(3,10(13)18)11(15)14-6-7-19-8-9(14)20(16,17)5-2/h9H,4-8H2,1-3H3,(H2,13,18). The Labute approximate surface area is 130 Å². The molecule has 0 radical (unpaired) electrons. The van der Waals surface area contributed by atoms with Crippen molar-refractivity contribution >= 4 is 44.7 Å². The molecule has 5 nitrogen and oxygen atoms in total. The Hall–Kier alpha value is -0.340. The quantitative estimate of drug-likeness (QED) is 0.754. The zero-order valence-corrected chi connectivity index (χ0v) is 14.5. The largest absolute Gasteiger partial charge is 0.392 e. The lowest BCUT2D eigenvalue weighted by molar-refractivity contribution is -0.138. The number of nitrogens with zero attached hydrogens (tertiary/aromatic N) is 1. The Bertz CT molecular complexity index is 492. The summed E-state index contributed by atoms with van der Waals surface area (Å²) >= 11 is 6.57. The molecular weight excluding hydrogens is 316 g/mol. The summed E-state index contributed by atoms with van der Waals surface area (Å²) < 4.78 is 24.4. The Kier molecular flexibility index (Phi) is 5.86. The van der Waals surface area contributed by atoms with Crippen LogP contribution in [-0.4, -0.2) is 53.4 Å². The third kappa shape index (κ3) is 3.28. The lowest BCUT2D eigenvalue weighted by Gasteiger charge is -2.40. The minimum Gasteiger partial charge on any atom is -0.392 e. The summed E-state index contributed by atoms with van der Waals surface area (Å²) in [5, 5.41) is -0.765. The number of carbonyl (C=O) groups is 1. The highest BCUT2D eigenvalue weighted by Crippen LogP contribution is 2.30. The maximum atomic E-state index is 12.8. The van der Waals surface area contributed by atoms with E-state index < -0.39 is 20.6 Å². The molecule has 2 N–H and O–H groups in total. The van der Waals surface area contributed by atoms with E-state index >= 15 is 0 Å². The Morgan fingerprint density at radius 2 is 2.10 bits per heavy atom. The van der Waals surface area contributed by atoms with Gasteiger partial charge in [0.05, 0.1) is 10.4 Å². The van der Waals surface area contributed by atoms with Gasteiger partial charge in [0.2, 0.25) is 5.91 Å². The van der Waals surface area contributed by atoms with Crippen molar-refractivity contribution in [1.29, 1.82) is 0 Å². The molecule has 20 heavy (non-hydrogen) atoms. The second-order valence-electron chi connectivity index (χ2n) is 5.03. The fraction of sp³-hybridized carbons (Fsp3) is 0.833. The minimum atomic E-state index is -3.31. The van der Waals surface area contributed by atoms with Crippen molar-refractivity contribution in [3.63, 3.8) is 0 Å². The molecule has 0 aromatic rings. The fourth-order valence-electron chi connectivity index (χ4n) is 2.05. The lowest BCUT2D eigenvalue weighted by atomic mass is 9.85. The Balaban J connectivity index is 3.14. The van der Waals surface area contributed by atoms with E-state index in [0.29, 0.717) is 18.7 Å². The number of nitrogens with two attached hydrogens (primary N) is 1. The van der Waals surface area contributed by atoms with E-state index in [1.165, 1.54) is 4.90 Å². The van der Waals surface area contributed by atoms with Crippen LogP contribution >= 0.6 is 24.0 Å². The van der Waals surface area contributed by atoms with Crippen LogP contribution in [0.15, 0.2) is 0 Å². The van der Waals surface area contributed by atoms with Gasteiger partial charge in [-0.1, -0.05) is 26.1 Å². The molecule has 1 rings (SSSR count). The molecule has 0 aliphatic carbocycles. The van der Waals surface area contributed by atoms with Gasteiger partial charge in [-0.3, -0.25) is 4.79 Å². The SMILES string of the molecule is CCC(C)(C(=O)N1CCSCC1S(=O)(=O)CC)C(N)=S. The predicted molar refractivity (Wildman–Crippen MR) is 87.5 cm³/mol. The van der Waals surface area contributed by atoms with Crippen LogP contribution < -0.4 is 5.73 Å². The molecule has 0 saturated carbocycles. The van der Waals surface area contributed by atoms with Crippen molar-refractivity contribution in [1.82, 2.24) is 4.90 Å². The monoisotopic (exact) mass is 338 g/mol. The molecule has 2 atom stereocenters. The van der Waals surface area contributed by atoms with E-state index in [1.807, 2.05) is 6.92 Å². The van der Waals surface area contributed by atoms with E-state index in [-0.39, 0.29) is 16.6 Å². The van der Waals surface area contributed by atoms with Crippen molar-refractivity contribution in [2.45, 2.75) is 32.6 Å². The Morgan fingerprint density at radius 3 is 2.55 bits per heavy atom. The van der Waals surface area contributed by atoms with Crippen molar-refractivity contribution in [2.75, 3.05) is 23.8 Å². The van der Waals surface area contributed by atoms with Crippen LogP contribution in [-0.2, 0) is 14.6 Å². The van der Waals surface area contributed by atoms with E-state index in [9.17, 15) is 13.2 Å². The zero-order chi connectivity index (χ0) is 15.6. The number of sulfone groups is 1. The van der Waals surface area contributed by atoms with Gasteiger partial charge in [0, 0.05) is 23.8 Å². The van der Waals surface area contributed by atoms with Crippen molar-refractivity contribution < 1.29 is 13.2 Å². The van der Waals surface area contributed by atoms with Crippen LogP contribution in [0.1, 0.15) is 27.2 Å². The maximum Gasteiger partial charge on any atom is 0.236 e. The summed E-state index contributed by atoms with van der Waals surface area (Å²) in [5.74, 6) is 0.907. The average molecular weight is 339 g/mol. The molecule has 0 aromatic carbocycles. The number of amides is 1. The molecule has 0 spiro atoms. The van der Waals surface area contributed by atoms with Gasteiger partial charge in [0.25, 0.3) is 0 Å². The molecule has 1 saturated heterocycles. The van der Waals surface area contributed by atoms with Crippen LogP contribution in [0.4, 0.5) is 0 Å². The van der Waals surface area contributed by atoms with Crippen LogP contribution in [0.5, 0.6) is 0 Å². The van der Waals surface area contributed by atoms with Crippen LogP contribution in [0.25, 0.3) is 0 Å². The van der Waals surface area contributed by atoms with Gasteiger partial charge in [-0.05, 0) is 13.3 Å². The number of thiocarbonyl (C=S) groups is 1. The van der Waals surface area contributed by atoms with Crippen molar-refractivity contribution in [2.24, 2.45) is 11.1 Å². The summed E-state index contributed by atoms with van der Waals surface area (Å²) in [4.78, 5) is 14.3. The van der Waals surface area contributed by atoms with Gasteiger partial charge < -0.3 is 10.6 Å². The normalized spacial score (nSPS) is 23.1. The summed E-state index contributed by atoms with van der Waals surface area (Å²) in [5.41, 5.74) is 4.73. The van der Waals surface area contributed by atoms with Gasteiger partial charge in [-0.25, -0.2) is 8.42 Å². The zero-order valence-electron chi connectivity index (χ0n) is 12.1. The first kappa shape index (κ1) is 17.7. The summed E-state index contributed by atoms with van der Waals surface area (Å²) in [6.45, 7) is 5.55. The maximum absolute atomic E-state index is 12.8. The second-order valence-corrected chi connectivity index (χ2v) is 9.07. The van der Waals surface area contributed by atoms with Crippen molar-refractivity contribution in [3.8, 4) is 0 Å². The smallest absolute Gasteiger partial charge is 0.236 e. The molecule has 1 fully saturated rings. The van der Waals surface area contributed by atoms with Crippen LogP contribution in [0.3, 0.4) is 0 Å². The molecule has 1 amide bonds. The number of hydrogen-bond acceptors (Lipinski definition) is 5. The fourth-order valence-corrected chi connectivity index (χ4v) is 5.25. The highest BCUT2D eigenvalue weighted by atomic mass is 32.2. The number of carbonyl (C=O) groups excluding carboxylic acids is 1. The molecule has 116 valence electrons. The first-order valence-electron chi connectivity index (χ1n) is 6.61. The van der Waals surface area contributed by atoms with Crippen molar-refractivity contribution in [3.05, 3.63) is 0 Å². The number of thioether (sulfide) groups is 1. The molecule has 8 heteroatoms. The molecule has 1 heterocycles. The predicted octanol–water partition coefficient (Wildman–Crippen LogP) is 1.02. The van der Waals surface area contributed by atoms with E-state index in [2.05, 4.69) is 0 Å². The molecule has 0 bridgehead atoms. The number of hydrogen-bond donors (Lipinski definition) is 1. The summed E-state index contributed by atoms with van der Waals surface area (Å²) in [7, 11) is -3.31. The average Bonchev–Trinajstić information content (AvgIpc) is 2.45. The van der Waals surface area contributed by atoms with Gasteiger partial charge in [0.15, 0.2) is 9.84 Å². The van der Waals surface area contributed by atoms with Gasteiger partial charge in [-0.2, -0.15) is 11.8 Å². The van der Waals surface area contributed by atoms with Gasteiger partial charge in [0.1, 0.15) is 5.37 Å². The molecular formula is C12H22N2O3S3. The van der Waals surface area contributed by atoms with E-state index in [1.54, 1.807) is 25.6 Å². The molecule has 2 unspecified atom stereocenters. The van der Waals surface area contributed by atoms with E-state index in [4.69, 9.17) is 18.0 Å². The molecule has 0 aromatic heterocycles. The van der Waals surface area contributed by atoms with E-state index in [0.717, 1.165) is 5.75 Å². The highest BCUT2D eigenvalue weighted by molar-refractivity contribution is 8.01. The van der Waals surface area contributed by atoms with Crippen LogP contribution in [0.2, 0.25) is 0 Å². The molecule has 1 aliphatic rings. The first-order chi connectivity index (χ1) is 9.20.